The molecule has 2 nitrogen and oxygen atoms in total. The van der Waals surface area contributed by atoms with Crippen LogP contribution >= 0.6 is 0 Å². The highest BCUT2D eigenvalue weighted by Gasteiger charge is 2.21. The zero-order valence-corrected chi connectivity index (χ0v) is 8.34. The zero-order valence-electron chi connectivity index (χ0n) is 8.34. The monoisotopic (exact) mass is 169 g/mol. The summed E-state index contributed by atoms with van der Waals surface area (Å²) in [5.74, 6) is 1.36. The molecule has 1 unspecified atom stereocenters. The molecule has 0 amide bonds. The molecule has 1 atom stereocenters. The molecule has 0 aliphatic carbocycles. The predicted octanol–water partition coefficient (Wildman–Crippen LogP) is 1.55. The average molecular weight is 169 g/mol. The lowest BCUT2D eigenvalue weighted by molar-refractivity contribution is -0.122. The molecule has 1 saturated heterocycles. The summed E-state index contributed by atoms with van der Waals surface area (Å²) < 4.78 is 0. The van der Waals surface area contributed by atoms with Gasteiger partial charge in [0.2, 0.25) is 0 Å². The van der Waals surface area contributed by atoms with E-state index in [-0.39, 0.29) is 5.92 Å². The first-order valence-corrected chi connectivity index (χ1v) is 4.84. The lowest BCUT2D eigenvalue weighted by Gasteiger charge is -2.15. The van der Waals surface area contributed by atoms with Gasteiger partial charge in [0, 0.05) is 12.5 Å². The van der Waals surface area contributed by atoms with Gasteiger partial charge in [0.1, 0.15) is 5.78 Å². The Labute approximate surface area is 74.9 Å². The van der Waals surface area contributed by atoms with E-state index in [0.717, 1.165) is 19.0 Å². The van der Waals surface area contributed by atoms with Crippen molar-refractivity contribution in [2.45, 2.75) is 27.2 Å². The largest absolute Gasteiger partial charge is 0.298 e. The number of rotatable bonds is 3. The van der Waals surface area contributed by atoms with Crippen molar-refractivity contribution in [2.75, 3.05) is 19.6 Å². The second-order valence-electron chi connectivity index (χ2n) is 4.25. The second kappa shape index (κ2) is 4.04. The van der Waals surface area contributed by atoms with E-state index >= 15 is 0 Å². The van der Waals surface area contributed by atoms with Gasteiger partial charge in [-0.2, -0.15) is 0 Å². The van der Waals surface area contributed by atoms with E-state index < -0.39 is 0 Å². The Morgan fingerprint density at radius 1 is 1.58 bits per heavy atom. The van der Waals surface area contributed by atoms with Crippen LogP contribution in [-0.4, -0.2) is 30.3 Å². The topological polar surface area (TPSA) is 20.3 Å². The Bertz CT molecular complexity index is 165. The summed E-state index contributed by atoms with van der Waals surface area (Å²) in [5.41, 5.74) is 0. The van der Waals surface area contributed by atoms with Crippen LogP contribution in [-0.2, 0) is 4.79 Å². The normalized spacial score (nSPS) is 25.2. The third-order valence-electron chi connectivity index (χ3n) is 2.53. The molecule has 0 aromatic rings. The quantitative estimate of drug-likeness (QED) is 0.639. The van der Waals surface area contributed by atoms with E-state index in [2.05, 4.69) is 11.8 Å². The first kappa shape index (κ1) is 9.72. The van der Waals surface area contributed by atoms with Crippen LogP contribution in [0.25, 0.3) is 0 Å². The molecule has 1 heterocycles. The second-order valence-corrected chi connectivity index (χ2v) is 4.25. The van der Waals surface area contributed by atoms with Crippen LogP contribution in [0.2, 0.25) is 0 Å². The molecule has 0 spiro atoms. The first-order chi connectivity index (χ1) is 5.59. The molecule has 1 aliphatic rings. The molecule has 0 bridgehead atoms. The van der Waals surface area contributed by atoms with Crippen molar-refractivity contribution in [3.63, 3.8) is 0 Å². The molecular weight excluding hydrogens is 150 g/mol. The summed E-state index contributed by atoms with van der Waals surface area (Å²) in [6.45, 7) is 9.09. The summed E-state index contributed by atoms with van der Waals surface area (Å²) in [6, 6.07) is 0. The third kappa shape index (κ3) is 2.59. The Hall–Kier alpha value is -0.370. The fraction of sp³-hybridized carbons (Fsp3) is 0.900. The highest BCUT2D eigenvalue weighted by Crippen LogP contribution is 2.14. The van der Waals surface area contributed by atoms with Crippen LogP contribution in [0.1, 0.15) is 27.2 Å². The van der Waals surface area contributed by atoms with Gasteiger partial charge in [0.05, 0.1) is 6.54 Å². The molecule has 1 fully saturated rings. The third-order valence-corrected chi connectivity index (χ3v) is 2.53. The molecule has 0 aromatic heterocycles. The highest BCUT2D eigenvalue weighted by molar-refractivity contribution is 5.82. The minimum Gasteiger partial charge on any atom is -0.298 e. The molecule has 70 valence electrons. The zero-order chi connectivity index (χ0) is 9.14. The molecule has 12 heavy (non-hydrogen) atoms. The van der Waals surface area contributed by atoms with Crippen LogP contribution < -0.4 is 0 Å². The van der Waals surface area contributed by atoms with E-state index in [1.54, 1.807) is 0 Å². The van der Waals surface area contributed by atoms with Gasteiger partial charge >= 0.3 is 0 Å². The smallest absolute Gasteiger partial charge is 0.149 e. The number of carbonyl (C=O) groups excluding carboxylic acids is 1. The van der Waals surface area contributed by atoms with Crippen molar-refractivity contribution in [3.8, 4) is 0 Å². The van der Waals surface area contributed by atoms with Gasteiger partial charge in [0.15, 0.2) is 0 Å². The minimum absolute atomic E-state index is 0.195. The van der Waals surface area contributed by atoms with E-state index in [0.29, 0.717) is 12.3 Å². The molecule has 0 radical (unpaired) electrons. The molecular formula is C10H19NO. The van der Waals surface area contributed by atoms with Crippen LogP contribution in [0.5, 0.6) is 0 Å². The van der Waals surface area contributed by atoms with Crippen molar-refractivity contribution in [3.05, 3.63) is 0 Å². The van der Waals surface area contributed by atoms with Gasteiger partial charge in [-0.05, 0) is 18.9 Å². The van der Waals surface area contributed by atoms with E-state index in [4.69, 9.17) is 0 Å². The molecule has 0 N–H and O–H groups in total. The fourth-order valence-electron chi connectivity index (χ4n) is 1.57. The average Bonchev–Trinajstić information content (AvgIpc) is 2.35. The van der Waals surface area contributed by atoms with Gasteiger partial charge in [-0.25, -0.2) is 0 Å². The Kier molecular flexibility index (Phi) is 3.27. The fourth-order valence-corrected chi connectivity index (χ4v) is 1.57. The molecule has 1 rings (SSSR count). The predicted molar refractivity (Wildman–Crippen MR) is 50.1 cm³/mol. The minimum atomic E-state index is 0.195. The number of likely N-dealkylation sites (tertiary alicyclic amines) is 1. The van der Waals surface area contributed by atoms with Gasteiger partial charge < -0.3 is 0 Å². The number of Topliss-reactive ketones (excluding diaryl/α,β-unsaturated/α-hetero) is 1. The summed E-state index contributed by atoms with van der Waals surface area (Å²) in [6.07, 6.45) is 1.26. The van der Waals surface area contributed by atoms with Gasteiger partial charge in [-0.1, -0.05) is 20.8 Å². The molecule has 0 saturated carbocycles. The van der Waals surface area contributed by atoms with Crippen molar-refractivity contribution in [1.29, 1.82) is 0 Å². The molecule has 0 aromatic carbocycles. The van der Waals surface area contributed by atoms with Gasteiger partial charge in [-0.3, -0.25) is 9.69 Å². The standard InChI is InChI=1S/C10H19NO/c1-8(2)10(12)7-11-5-4-9(3)6-11/h8-9H,4-7H2,1-3H3. The Balaban J connectivity index is 2.28. The van der Waals surface area contributed by atoms with Crippen LogP contribution in [0.3, 0.4) is 0 Å². The van der Waals surface area contributed by atoms with Crippen molar-refractivity contribution >= 4 is 5.78 Å². The maximum absolute atomic E-state index is 11.4. The maximum atomic E-state index is 11.4. The Morgan fingerprint density at radius 3 is 2.67 bits per heavy atom. The summed E-state index contributed by atoms with van der Waals surface area (Å²) >= 11 is 0. The van der Waals surface area contributed by atoms with Crippen molar-refractivity contribution < 1.29 is 4.79 Å². The van der Waals surface area contributed by atoms with Crippen LogP contribution in [0, 0.1) is 11.8 Å². The lowest BCUT2D eigenvalue weighted by Crippen LogP contribution is -2.29. The Morgan fingerprint density at radius 2 is 2.25 bits per heavy atom. The lowest BCUT2D eigenvalue weighted by atomic mass is 10.1. The van der Waals surface area contributed by atoms with E-state index in [9.17, 15) is 4.79 Å². The van der Waals surface area contributed by atoms with Gasteiger partial charge in [-0.15, -0.1) is 0 Å². The van der Waals surface area contributed by atoms with Crippen LogP contribution in [0.4, 0.5) is 0 Å². The highest BCUT2D eigenvalue weighted by atomic mass is 16.1. The van der Waals surface area contributed by atoms with E-state index in [1.807, 2.05) is 13.8 Å². The molecule has 1 aliphatic heterocycles. The number of hydrogen-bond donors (Lipinski definition) is 0. The number of nitrogens with zero attached hydrogens (tertiary/aromatic N) is 1. The van der Waals surface area contributed by atoms with Gasteiger partial charge in [0.25, 0.3) is 0 Å². The summed E-state index contributed by atoms with van der Waals surface area (Å²) in [5, 5.41) is 0. The summed E-state index contributed by atoms with van der Waals surface area (Å²) in [7, 11) is 0. The summed E-state index contributed by atoms with van der Waals surface area (Å²) in [4.78, 5) is 13.6. The SMILES string of the molecule is CC1CCN(CC(=O)C(C)C)C1. The van der Waals surface area contributed by atoms with Crippen LogP contribution in [0.15, 0.2) is 0 Å². The number of carbonyl (C=O) groups is 1. The number of hydrogen-bond acceptors (Lipinski definition) is 2. The van der Waals surface area contributed by atoms with Crippen molar-refractivity contribution in [2.24, 2.45) is 11.8 Å². The number of ketones is 1. The van der Waals surface area contributed by atoms with E-state index in [1.165, 1.54) is 6.42 Å². The maximum Gasteiger partial charge on any atom is 0.149 e. The molecule has 2 heteroatoms. The van der Waals surface area contributed by atoms with Crippen molar-refractivity contribution in [1.82, 2.24) is 4.90 Å². The first-order valence-electron chi connectivity index (χ1n) is 4.84.